The molecule has 0 saturated heterocycles. The van der Waals surface area contributed by atoms with Crippen LogP contribution in [0.3, 0.4) is 0 Å². The Kier molecular flexibility index (Phi) is 4.43. The Hall–Kier alpha value is -0.840. The molecule has 0 fully saturated rings. The lowest BCUT2D eigenvalue weighted by molar-refractivity contribution is 0.684. The number of aryl methyl sites for hydroxylation is 1. The average molecular weight is 329 g/mol. The number of halogens is 2. The van der Waals surface area contributed by atoms with Gasteiger partial charge in [0, 0.05) is 35.9 Å². The third kappa shape index (κ3) is 3.13. The Labute approximate surface area is 120 Å². The number of nitrogens with one attached hydrogen (secondary N) is 1. The van der Waals surface area contributed by atoms with Gasteiger partial charge in [0.15, 0.2) is 0 Å². The molecular formula is C13H15BrClN3. The van der Waals surface area contributed by atoms with Gasteiger partial charge < -0.3 is 5.32 Å². The Balaban J connectivity index is 1.92. The predicted octanol–water partition coefficient (Wildman–Crippen LogP) is 3.43. The van der Waals surface area contributed by atoms with E-state index < -0.39 is 0 Å². The quantitative estimate of drug-likeness (QED) is 0.932. The maximum atomic E-state index is 5.96. The van der Waals surface area contributed by atoms with Crippen LogP contribution >= 0.6 is 27.5 Å². The van der Waals surface area contributed by atoms with E-state index in [1.807, 2.05) is 36.1 Å². The van der Waals surface area contributed by atoms with Crippen LogP contribution < -0.4 is 5.32 Å². The molecule has 1 heterocycles. The first-order valence-corrected chi connectivity index (χ1v) is 6.87. The highest BCUT2D eigenvalue weighted by molar-refractivity contribution is 9.10. The highest BCUT2D eigenvalue weighted by Gasteiger charge is 2.03. The van der Waals surface area contributed by atoms with E-state index in [0.717, 1.165) is 22.6 Å². The van der Waals surface area contributed by atoms with Crippen molar-refractivity contribution in [3.8, 4) is 0 Å². The first-order chi connectivity index (χ1) is 8.58. The highest BCUT2D eigenvalue weighted by atomic mass is 79.9. The molecule has 0 aliphatic rings. The highest BCUT2D eigenvalue weighted by Crippen LogP contribution is 2.23. The molecule has 0 atom stereocenters. The van der Waals surface area contributed by atoms with E-state index in [9.17, 15) is 0 Å². The van der Waals surface area contributed by atoms with Gasteiger partial charge in [-0.05, 0) is 40.5 Å². The number of hydrogen-bond acceptors (Lipinski definition) is 2. The summed E-state index contributed by atoms with van der Waals surface area (Å²) in [6, 6.07) is 5.96. The van der Waals surface area contributed by atoms with Gasteiger partial charge in [-0.25, -0.2) is 0 Å². The second-order valence-corrected chi connectivity index (χ2v) is 5.49. The van der Waals surface area contributed by atoms with E-state index in [1.165, 1.54) is 16.8 Å². The fourth-order valence-electron chi connectivity index (χ4n) is 1.71. The molecule has 2 aromatic rings. The molecule has 0 spiro atoms. The molecule has 1 aromatic heterocycles. The summed E-state index contributed by atoms with van der Waals surface area (Å²) in [5, 5.41) is 8.36. The van der Waals surface area contributed by atoms with Crippen molar-refractivity contribution in [2.75, 3.05) is 0 Å². The molecule has 5 heteroatoms. The molecule has 1 aromatic carbocycles. The minimum absolute atomic E-state index is 0.738. The van der Waals surface area contributed by atoms with Gasteiger partial charge in [0.2, 0.25) is 0 Å². The molecule has 2 rings (SSSR count). The van der Waals surface area contributed by atoms with Gasteiger partial charge in [0.05, 0.1) is 11.2 Å². The summed E-state index contributed by atoms with van der Waals surface area (Å²) < 4.78 is 2.82. The molecule has 96 valence electrons. The SMILES string of the molecule is Cc1c(CNCc2ccc(Cl)c(Br)c2)cnn1C. The van der Waals surface area contributed by atoms with E-state index in [0.29, 0.717) is 0 Å². The second kappa shape index (κ2) is 5.87. The van der Waals surface area contributed by atoms with E-state index in [4.69, 9.17) is 11.6 Å². The fourth-order valence-corrected chi connectivity index (χ4v) is 2.25. The molecule has 0 saturated carbocycles. The molecule has 0 amide bonds. The zero-order chi connectivity index (χ0) is 13.1. The van der Waals surface area contributed by atoms with Gasteiger partial charge in [-0.15, -0.1) is 0 Å². The summed E-state index contributed by atoms with van der Waals surface area (Å²) in [5.41, 5.74) is 3.62. The van der Waals surface area contributed by atoms with Gasteiger partial charge >= 0.3 is 0 Å². The molecule has 0 radical (unpaired) electrons. The maximum Gasteiger partial charge on any atom is 0.0548 e. The lowest BCUT2D eigenvalue weighted by atomic mass is 10.2. The Morgan fingerprint density at radius 1 is 1.39 bits per heavy atom. The zero-order valence-corrected chi connectivity index (χ0v) is 12.7. The lowest BCUT2D eigenvalue weighted by Crippen LogP contribution is -2.13. The van der Waals surface area contributed by atoms with Crippen molar-refractivity contribution < 1.29 is 0 Å². The van der Waals surface area contributed by atoms with Crippen LogP contribution in [-0.4, -0.2) is 9.78 Å². The van der Waals surface area contributed by atoms with E-state index in [1.54, 1.807) is 0 Å². The van der Waals surface area contributed by atoms with Crippen LogP contribution in [0.1, 0.15) is 16.8 Å². The molecule has 1 N–H and O–H groups in total. The molecule has 3 nitrogen and oxygen atoms in total. The third-order valence-electron chi connectivity index (χ3n) is 2.97. The molecule has 0 aliphatic carbocycles. The maximum absolute atomic E-state index is 5.96. The molecule has 0 aliphatic heterocycles. The summed E-state index contributed by atoms with van der Waals surface area (Å²) in [4.78, 5) is 0. The van der Waals surface area contributed by atoms with Crippen molar-refractivity contribution in [2.45, 2.75) is 20.0 Å². The van der Waals surface area contributed by atoms with Gasteiger partial charge in [-0.3, -0.25) is 4.68 Å². The first-order valence-electron chi connectivity index (χ1n) is 5.70. The topological polar surface area (TPSA) is 29.9 Å². The monoisotopic (exact) mass is 327 g/mol. The van der Waals surface area contributed by atoms with E-state index in [-0.39, 0.29) is 0 Å². The van der Waals surface area contributed by atoms with Gasteiger partial charge in [0.25, 0.3) is 0 Å². The van der Waals surface area contributed by atoms with Crippen LogP contribution in [0.2, 0.25) is 5.02 Å². The van der Waals surface area contributed by atoms with E-state index >= 15 is 0 Å². The third-order valence-corrected chi connectivity index (χ3v) is 4.18. The van der Waals surface area contributed by atoms with Crippen LogP contribution in [0.4, 0.5) is 0 Å². The normalized spacial score (nSPS) is 10.9. The minimum Gasteiger partial charge on any atom is -0.308 e. The zero-order valence-electron chi connectivity index (χ0n) is 10.4. The Morgan fingerprint density at radius 3 is 2.78 bits per heavy atom. The van der Waals surface area contributed by atoms with Gasteiger partial charge in [-0.1, -0.05) is 17.7 Å². The molecular weight excluding hydrogens is 314 g/mol. The van der Waals surface area contributed by atoms with E-state index in [2.05, 4.69) is 33.3 Å². The second-order valence-electron chi connectivity index (χ2n) is 4.23. The molecule has 0 bridgehead atoms. The number of hydrogen-bond donors (Lipinski definition) is 1. The summed E-state index contributed by atoms with van der Waals surface area (Å²) >= 11 is 9.38. The van der Waals surface area contributed by atoms with Crippen LogP contribution in [0.5, 0.6) is 0 Å². The van der Waals surface area contributed by atoms with Crippen molar-refractivity contribution >= 4 is 27.5 Å². The number of aromatic nitrogens is 2. The fraction of sp³-hybridized carbons (Fsp3) is 0.308. The number of benzene rings is 1. The van der Waals surface area contributed by atoms with Crippen LogP contribution in [0, 0.1) is 6.92 Å². The first kappa shape index (κ1) is 13.6. The van der Waals surface area contributed by atoms with Crippen molar-refractivity contribution in [3.05, 3.63) is 50.7 Å². The van der Waals surface area contributed by atoms with Crippen molar-refractivity contribution in [1.82, 2.24) is 15.1 Å². The van der Waals surface area contributed by atoms with Gasteiger partial charge in [0.1, 0.15) is 0 Å². The number of rotatable bonds is 4. The largest absolute Gasteiger partial charge is 0.308 e. The predicted molar refractivity (Wildman–Crippen MR) is 77.6 cm³/mol. The molecule has 0 unspecified atom stereocenters. The molecule has 18 heavy (non-hydrogen) atoms. The smallest absolute Gasteiger partial charge is 0.0548 e. The lowest BCUT2D eigenvalue weighted by Gasteiger charge is -2.06. The van der Waals surface area contributed by atoms with Crippen molar-refractivity contribution in [1.29, 1.82) is 0 Å². The summed E-state index contributed by atoms with van der Waals surface area (Å²) in [5.74, 6) is 0. The minimum atomic E-state index is 0.738. The summed E-state index contributed by atoms with van der Waals surface area (Å²) in [7, 11) is 1.95. The summed E-state index contributed by atoms with van der Waals surface area (Å²) in [6.45, 7) is 3.70. The van der Waals surface area contributed by atoms with Gasteiger partial charge in [-0.2, -0.15) is 5.10 Å². The van der Waals surface area contributed by atoms with Crippen LogP contribution in [0.15, 0.2) is 28.9 Å². The van der Waals surface area contributed by atoms with Crippen molar-refractivity contribution in [3.63, 3.8) is 0 Å². The number of nitrogens with zero attached hydrogens (tertiary/aromatic N) is 2. The summed E-state index contributed by atoms with van der Waals surface area (Å²) in [6.07, 6.45) is 1.90. The standard InChI is InChI=1S/C13H15BrClN3/c1-9-11(8-17-18(9)2)7-16-6-10-3-4-13(15)12(14)5-10/h3-5,8,16H,6-7H2,1-2H3. The Bertz CT molecular complexity index is 551. The van der Waals surface area contributed by atoms with Crippen molar-refractivity contribution in [2.24, 2.45) is 7.05 Å². The Morgan fingerprint density at radius 2 is 2.17 bits per heavy atom. The van der Waals surface area contributed by atoms with Crippen LogP contribution in [0.25, 0.3) is 0 Å². The average Bonchev–Trinajstić information content (AvgIpc) is 2.66. The van der Waals surface area contributed by atoms with Crippen LogP contribution in [-0.2, 0) is 20.1 Å².